The van der Waals surface area contributed by atoms with E-state index in [1.54, 1.807) is 15.0 Å². The van der Waals surface area contributed by atoms with Crippen molar-refractivity contribution in [2.75, 3.05) is 25.1 Å². The van der Waals surface area contributed by atoms with Gasteiger partial charge in [-0.2, -0.15) is 0 Å². The van der Waals surface area contributed by atoms with Gasteiger partial charge in [0.2, 0.25) is 16.0 Å². The molecule has 1 unspecified atom stereocenters. The van der Waals surface area contributed by atoms with Crippen LogP contribution < -0.4 is 5.73 Å². The Morgan fingerprint density at radius 2 is 1.96 bits per heavy atom. The van der Waals surface area contributed by atoms with Gasteiger partial charge in [-0.1, -0.05) is 31.9 Å². The Kier molecular flexibility index (Phi) is 6.59. The average molecular weight is 389 g/mol. The van der Waals surface area contributed by atoms with Gasteiger partial charge in [-0.15, -0.1) is 5.10 Å². The van der Waals surface area contributed by atoms with E-state index in [4.69, 9.17) is 17.3 Å². The van der Waals surface area contributed by atoms with Gasteiger partial charge in [-0.25, -0.2) is 27.2 Å². The number of anilines is 1. The van der Waals surface area contributed by atoms with E-state index < -0.39 is 10.0 Å². The summed E-state index contributed by atoms with van der Waals surface area (Å²) in [7, 11) is -2.89. The van der Waals surface area contributed by atoms with Crippen LogP contribution in [0.15, 0.2) is 6.20 Å². The van der Waals surface area contributed by atoms with Gasteiger partial charge >= 0.3 is 0 Å². The molecule has 0 aliphatic carbocycles. The number of hydrogen-bond acceptors (Lipinski definition) is 6. The predicted octanol–water partition coefficient (Wildman–Crippen LogP) is 2.31. The van der Waals surface area contributed by atoms with Crippen molar-refractivity contribution in [3.8, 4) is 0 Å². The van der Waals surface area contributed by atoms with Gasteiger partial charge < -0.3 is 5.73 Å². The minimum absolute atomic E-state index is 0.223. The Hall–Kier alpha value is -1.45. The van der Waals surface area contributed by atoms with Gasteiger partial charge in [-0.05, 0) is 19.3 Å². The zero-order chi connectivity index (χ0) is 18.6. The lowest BCUT2D eigenvalue weighted by Gasteiger charge is -2.23. The molecule has 0 radical (unpaired) electrons. The maximum Gasteiger partial charge on any atom is 0.238 e. The molecule has 25 heavy (non-hydrogen) atoms. The first-order chi connectivity index (χ1) is 11.7. The second-order valence-electron chi connectivity index (χ2n) is 6.21. The van der Waals surface area contributed by atoms with Crippen LogP contribution in [0.25, 0.3) is 5.52 Å². The van der Waals surface area contributed by atoms with Crippen molar-refractivity contribution in [2.45, 2.75) is 45.4 Å². The molecule has 1 atom stereocenters. The van der Waals surface area contributed by atoms with Crippen LogP contribution in [0.4, 0.5) is 5.95 Å². The maximum atomic E-state index is 10.9. The van der Waals surface area contributed by atoms with Crippen LogP contribution in [0.3, 0.4) is 0 Å². The number of rotatable bonds is 3. The molecular formula is C15H25ClN6O2S. The molecule has 0 aromatic carbocycles. The molecule has 2 aromatic rings. The van der Waals surface area contributed by atoms with E-state index in [0.717, 1.165) is 38.2 Å². The van der Waals surface area contributed by atoms with E-state index in [9.17, 15) is 8.42 Å². The first-order valence-electron chi connectivity index (χ1n) is 8.35. The number of aromatic nitrogens is 4. The number of nitrogens with zero attached hydrogens (tertiary/aromatic N) is 5. The Labute approximate surface area is 153 Å². The lowest BCUT2D eigenvalue weighted by atomic mass is 10.1. The summed E-state index contributed by atoms with van der Waals surface area (Å²) in [6, 6.07) is 0. The summed E-state index contributed by atoms with van der Waals surface area (Å²) in [5.41, 5.74) is 6.23. The fourth-order valence-corrected chi connectivity index (χ4v) is 3.72. The van der Waals surface area contributed by atoms with Gasteiger partial charge in [0.15, 0.2) is 5.15 Å². The number of piperidine rings is 1. The first kappa shape index (κ1) is 19.9. The monoisotopic (exact) mass is 388 g/mol. The number of nitrogens with two attached hydrogens (primary N) is 1. The van der Waals surface area contributed by atoms with Crippen LogP contribution in [0.1, 0.15) is 51.3 Å². The Morgan fingerprint density at radius 3 is 2.48 bits per heavy atom. The van der Waals surface area contributed by atoms with Crippen LogP contribution in [-0.4, -0.2) is 51.7 Å². The van der Waals surface area contributed by atoms with Crippen LogP contribution in [0.5, 0.6) is 0 Å². The lowest BCUT2D eigenvalue weighted by Crippen LogP contribution is -2.34. The molecule has 10 heteroatoms. The van der Waals surface area contributed by atoms with E-state index in [0.29, 0.717) is 16.6 Å². The molecule has 1 aliphatic rings. The Bertz CT molecular complexity index is 817. The molecule has 0 spiro atoms. The highest BCUT2D eigenvalue weighted by Crippen LogP contribution is 2.23. The summed E-state index contributed by atoms with van der Waals surface area (Å²) in [6.45, 7) is 5.60. The third-order valence-corrected chi connectivity index (χ3v) is 5.81. The molecule has 2 aromatic heterocycles. The zero-order valence-corrected chi connectivity index (χ0v) is 16.4. The topological polar surface area (TPSA) is 106 Å². The molecule has 3 heterocycles. The quantitative estimate of drug-likeness (QED) is 0.864. The van der Waals surface area contributed by atoms with Crippen LogP contribution in [-0.2, 0) is 10.0 Å². The van der Waals surface area contributed by atoms with E-state index in [1.807, 2.05) is 0 Å². The van der Waals surface area contributed by atoms with Crippen molar-refractivity contribution in [1.82, 2.24) is 23.9 Å². The molecule has 0 bridgehead atoms. The normalized spacial score (nSPS) is 17.1. The van der Waals surface area contributed by atoms with E-state index >= 15 is 0 Å². The molecule has 140 valence electrons. The number of halogens is 1. The minimum atomic E-state index is -2.89. The van der Waals surface area contributed by atoms with Crippen LogP contribution in [0, 0.1) is 0 Å². The van der Waals surface area contributed by atoms with Crippen molar-refractivity contribution in [2.24, 2.45) is 0 Å². The number of imidazole rings is 1. The summed E-state index contributed by atoms with van der Waals surface area (Å²) in [5, 5.41) is 4.52. The van der Waals surface area contributed by atoms with E-state index in [1.165, 1.54) is 12.7 Å². The number of nitrogen functional groups attached to an aromatic ring is 1. The van der Waals surface area contributed by atoms with Crippen molar-refractivity contribution in [1.29, 1.82) is 0 Å². The molecule has 8 nitrogen and oxygen atoms in total. The average Bonchev–Trinajstić information content (AvgIpc) is 2.91. The summed E-state index contributed by atoms with van der Waals surface area (Å²) < 4.78 is 25.0. The first-order valence-corrected chi connectivity index (χ1v) is 10.6. The minimum Gasteiger partial charge on any atom is -0.367 e. The largest absolute Gasteiger partial charge is 0.367 e. The zero-order valence-electron chi connectivity index (χ0n) is 14.8. The highest BCUT2D eigenvalue weighted by atomic mass is 35.5. The van der Waals surface area contributed by atoms with Crippen molar-refractivity contribution < 1.29 is 8.42 Å². The molecule has 3 rings (SSSR count). The molecule has 0 saturated carbocycles. The van der Waals surface area contributed by atoms with Crippen molar-refractivity contribution in [3.05, 3.63) is 17.2 Å². The second-order valence-corrected chi connectivity index (χ2v) is 8.55. The summed E-state index contributed by atoms with van der Waals surface area (Å²) in [6.07, 6.45) is 7.05. The lowest BCUT2D eigenvalue weighted by molar-refractivity contribution is 0.349. The summed E-state index contributed by atoms with van der Waals surface area (Å²) in [5.74, 6) is 1.34. The molecule has 0 amide bonds. The van der Waals surface area contributed by atoms with Crippen molar-refractivity contribution >= 4 is 33.1 Å². The Morgan fingerprint density at radius 1 is 1.32 bits per heavy atom. The second kappa shape index (κ2) is 8.29. The highest BCUT2D eigenvalue weighted by Gasteiger charge is 2.18. The van der Waals surface area contributed by atoms with Crippen molar-refractivity contribution in [3.63, 3.8) is 0 Å². The Balaban J connectivity index is 0.000000196. The van der Waals surface area contributed by atoms with Crippen LogP contribution in [0.2, 0.25) is 5.15 Å². The molecule has 2 N–H and O–H groups in total. The standard InChI is InChI=1S/C9H12ClN5.C6H13NO2S/c1-3-5(2)8-13-7(10)6-4-12-9(11)14-15(6)8;1-10(8,9)7-5-3-2-4-6-7/h4-5H,3H2,1-2H3,(H2,11,14);2-6H2,1H3. The predicted molar refractivity (Wildman–Crippen MR) is 99.2 cm³/mol. The van der Waals surface area contributed by atoms with Crippen LogP contribution >= 0.6 is 11.6 Å². The molecule has 1 aliphatic heterocycles. The van der Waals surface area contributed by atoms with Gasteiger partial charge in [-0.3, -0.25) is 0 Å². The van der Waals surface area contributed by atoms with E-state index in [-0.39, 0.29) is 5.95 Å². The van der Waals surface area contributed by atoms with Gasteiger partial charge in [0.05, 0.1) is 12.5 Å². The third-order valence-electron chi connectivity index (χ3n) is 4.23. The smallest absolute Gasteiger partial charge is 0.238 e. The molecular weight excluding hydrogens is 364 g/mol. The molecule has 1 fully saturated rings. The number of fused-ring (bicyclic) bond motifs is 1. The summed E-state index contributed by atoms with van der Waals surface area (Å²) >= 11 is 5.98. The van der Waals surface area contributed by atoms with Gasteiger partial charge in [0, 0.05) is 19.0 Å². The summed E-state index contributed by atoms with van der Waals surface area (Å²) in [4.78, 5) is 8.16. The number of hydrogen-bond donors (Lipinski definition) is 1. The maximum absolute atomic E-state index is 10.9. The van der Waals surface area contributed by atoms with Gasteiger partial charge in [0.25, 0.3) is 0 Å². The molecule has 1 saturated heterocycles. The number of sulfonamides is 1. The van der Waals surface area contributed by atoms with Gasteiger partial charge in [0.1, 0.15) is 11.3 Å². The fourth-order valence-electron chi connectivity index (χ4n) is 2.58. The van der Waals surface area contributed by atoms with E-state index in [2.05, 4.69) is 28.9 Å². The highest BCUT2D eigenvalue weighted by molar-refractivity contribution is 7.88. The fraction of sp³-hybridized carbons (Fsp3) is 0.667. The third kappa shape index (κ3) is 5.02. The SMILES string of the molecule is CCC(C)c1nc(Cl)c2cnc(N)nn12.CS(=O)(=O)N1CCCCC1.